The summed E-state index contributed by atoms with van der Waals surface area (Å²) in [4.78, 5) is 25.5. The van der Waals surface area contributed by atoms with Crippen molar-refractivity contribution in [3.8, 4) is 0 Å². The number of carbonyl (C=O) groups is 2. The van der Waals surface area contributed by atoms with Gasteiger partial charge in [0.25, 0.3) is 5.91 Å². The molecule has 0 aromatic carbocycles. The van der Waals surface area contributed by atoms with Crippen LogP contribution in [0.5, 0.6) is 0 Å². The van der Waals surface area contributed by atoms with Crippen LogP contribution in [0.4, 0.5) is 5.00 Å². The summed E-state index contributed by atoms with van der Waals surface area (Å²) in [5.41, 5.74) is 7.22. The first-order chi connectivity index (χ1) is 9.70. The van der Waals surface area contributed by atoms with Gasteiger partial charge in [-0.3, -0.25) is 9.59 Å². The van der Waals surface area contributed by atoms with E-state index in [0.29, 0.717) is 18.7 Å². The molecule has 2 aliphatic rings. The van der Waals surface area contributed by atoms with E-state index in [4.69, 9.17) is 5.73 Å². The Balaban J connectivity index is 1.84. The molecule has 20 heavy (non-hydrogen) atoms. The minimum absolute atomic E-state index is 0.0535. The third-order valence-electron chi connectivity index (χ3n) is 3.76. The molecule has 5 nitrogen and oxygen atoms in total. The van der Waals surface area contributed by atoms with Crippen LogP contribution in [0.15, 0.2) is 0 Å². The first-order valence-corrected chi connectivity index (χ1v) is 7.96. The first kappa shape index (κ1) is 13.6. The highest BCUT2D eigenvalue weighted by Gasteiger charge is 2.32. The molecular formula is C14H19N3O2S. The molecule has 4 N–H and O–H groups in total. The van der Waals surface area contributed by atoms with E-state index >= 15 is 0 Å². The SMILES string of the molecule is NCCNC(=O)c1c(NC(=O)C2CC2)sc2c1CCC2. The minimum Gasteiger partial charge on any atom is -0.351 e. The summed E-state index contributed by atoms with van der Waals surface area (Å²) in [5.74, 6) is 0.0886. The zero-order valence-electron chi connectivity index (χ0n) is 11.3. The first-order valence-electron chi connectivity index (χ1n) is 7.14. The number of hydrogen-bond donors (Lipinski definition) is 3. The topological polar surface area (TPSA) is 84.2 Å². The maximum atomic E-state index is 12.3. The van der Waals surface area contributed by atoms with Crippen LogP contribution in [0.25, 0.3) is 0 Å². The third-order valence-corrected chi connectivity index (χ3v) is 4.97. The van der Waals surface area contributed by atoms with E-state index in [1.54, 1.807) is 11.3 Å². The quantitative estimate of drug-likeness (QED) is 0.764. The molecule has 0 unspecified atom stereocenters. The molecule has 0 spiro atoms. The van der Waals surface area contributed by atoms with Crippen LogP contribution in [0, 0.1) is 5.92 Å². The lowest BCUT2D eigenvalue weighted by atomic mass is 10.1. The molecule has 6 heteroatoms. The number of rotatable bonds is 5. The molecule has 1 fully saturated rings. The Bertz CT molecular complexity index is 549. The third kappa shape index (κ3) is 2.58. The number of nitrogens with two attached hydrogens (primary N) is 1. The smallest absolute Gasteiger partial charge is 0.254 e. The summed E-state index contributed by atoms with van der Waals surface area (Å²) in [6, 6.07) is 0. The molecule has 3 rings (SSSR count). The second-order valence-electron chi connectivity index (χ2n) is 5.37. The Hall–Kier alpha value is -1.40. The highest BCUT2D eigenvalue weighted by atomic mass is 32.1. The van der Waals surface area contributed by atoms with Crippen LogP contribution < -0.4 is 16.4 Å². The lowest BCUT2D eigenvalue weighted by Crippen LogP contribution is -2.30. The second kappa shape index (κ2) is 5.54. The van der Waals surface area contributed by atoms with Crippen LogP contribution in [0.3, 0.4) is 0 Å². The van der Waals surface area contributed by atoms with Crippen molar-refractivity contribution in [2.24, 2.45) is 11.7 Å². The fraction of sp³-hybridized carbons (Fsp3) is 0.571. The molecule has 0 radical (unpaired) electrons. The Labute approximate surface area is 121 Å². The van der Waals surface area contributed by atoms with Gasteiger partial charge in [0.15, 0.2) is 0 Å². The van der Waals surface area contributed by atoms with Gasteiger partial charge < -0.3 is 16.4 Å². The van der Waals surface area contributed by atoms with Gasteiger partial charge >= 0.3 is 0 Å². The Morgan fingerprint density at radius 3 is 2.80 bits per heavy atom. The highest BCUT2D eigenvalue weighted by molar-refractivity contribution is 7.17. The predicted octanol–water partition coefficient (Wildman–Crippen LogP) is 1.27. The maximum absolute atomic E-state index is 12.3. The van der Waals surface area contributed by atoms with Gasteiger partial charge in [-0.1, -0.05) is 0 Å². The average Bonchev–Trinajstić information content (AvgIpc) is 3.10. The van der Waals surface area contributed by atoms with E-state index in [-0.39, 0.29) is 17.7 Å². The van der Waals surface area contributed by atoms with Crippen molar-refractivity contribution in [2.45, 2.75) is 32.1 Å². The van der Waals surface area contributed by atoms with Crippen molar-refractivity contribution in [2.75, 3.05) is 18.4 Å². The lowest BCUT2D eigenvalue weighted by molar-refractivity contribution is -0.117. The van der Waals surface area contributed by atoms with Crippen molar-refractivity contribution < 1.29 is 9.59 Å². The van der Waals surface area contributed by atoms with Gasteiger partial charge in [-0.15, -0.1) is 11.3 Å². The number of nitrogens with one attached hydrogen (secondary N) is 2. The van der Waals surface area contributed by atoms with E-state index in [2.05, 4.69) is 10.6 Å². The standard InChI is InChI=1S/C14H19N3O2S/c15-6-7-16-13(19)11-9-2-1-3-10(9)20-14(11)17-12(18)8-4-5-8/h8H,1-7,15H2,(H,16,19)(H,17,18). The summed E-state index contributed by atoms with van der Waals surface area (Å²) in [5, 5.41) is 6.48. The molecule has 0 bridgehead atoms. The second-order valence-corrected chi connectivity index (χ2v) is 6.47. The molecule has 1 aromatic rings. The fourth-order valence-electron chi connectivity index (χ4n) is 2.57. The molecule has 108 valence electrons. The van der Waals surface area contributed by atoms with Crippen LogP contribution >= 0.6 is 11.3 Å². The number of amides is 2. The van der Waals surface area contributed by atoms with Gasteiger partial charge in [-0.25, -0.2) is 0 Å². The zero-order chi connectivity index (χ0) is 14.1. The van der Waals surface area contributed by atoms with E-state index < -0.39 is 0 Å². The molecule has 0 aliphatic heterocycles. The van der Waals surface area contributed by atoms with Gasteiger partial charge in [-0.05, 0) is 37.7 Å². The van der Waals surface area contributed by atoms with Gasteiger partial charge in [0.2, 0.25) is 5.91 Å². The Kier molecular flexibility index (Phi) is 3.76. The molecule has 0 atom stereocenters. The zero-order valence-corrected chi connectivity index (χ0v) is 12.1. The fourth-order valence-corrected chi connectivity index (χ4v) is 3.86. The number of aryl methyl sites for hydroxylation is 1. The summed E-state index contributed by atoms with van der Waals surface area (Å²) in [7, 11) is 0. The number of hydrogen-bond acceptors (Lipinski definition) is 4. The molecule has 1 aromatic heterocycles. The molecule has 0 saturated heterocycles. The normalized spacial score (nSPS) is 16.9. The number of fused-ring (bicyclic) bond motifs is 1. The largest absolute Gasteiger partial charge is 0.351 e. The summed E-state index contributed by atoms with van der Waals surface area (Å²) in [6.45, 7) is 0.876. The van der Waals surface area contributed by atoms with Crippen LogP contribution in [-0.4, -0.2) is 24.9 Å². The van der Waals surface area contributed by atoms with Crippen LogP contribution in [0.2, 0.25) is 0 Å². The van der Waals surface area contributed by atoms with Crippen LogP contribution in [-0.2, 0) is 17.6 Å². The predicted molar refractivity (Wildman–Crippen MR) is 79.1 cm³/mol. The van der Waals surface area contributed by atoms with E-state index in [1.807, 2.05) is 0 Å². The highest BCUT2D eigenvalue weighted by Crippen LogP contribution is 2.40. The Morgan fingerprint density at radius 2 is 2.10 bits per heavy atom. The molecule has 2 aliphatic carbocycles. The van der Waals surface area contributed by atoms with Crippen molar-refractivity contribution in [1.82, 2.24) is 5.32 Å². The molecule has 1 heterocycles. The van der Waals surface area contributed by atoms with Crippen molar-refractivity contribution in [1.29, 1.82) is 0 Å². The molecular weight excluding hydrogens is 274 g/mol. The van der Waals surface area contributed by atoms with Gasteiger partial charge in [0.1, 0.15) is 5.00 Å². The summed E-state index contributed by atoms with van der Waals surface area (Å²) in [6.07, 6.45) is 4.96. The number of thiophene rings is 1. The van der Waals surface area contributed by atoms with Crippen LogP contribution in [0.1, 0.15) is 40.1 Å². The maximum Gasteiger partial charge on any atom is 0.254 e. The molecule has 1 saturated carbocycles. The van der Waals surface area contributed by atoms with Gasteiger partial charge in [0, 0.05) is 23.9 Å². The van der Waals surface area contributed by atoms with Gasteiger partial charge in [0.05, 0.1) is 5.56 Å². The number of carbonyl (C=O) groups excluding carboxylic acids is 2. The van der Waals surface area contributed by atoms with Crippen molar-refractivity contribution in [3.63, 3.8) is 0 Å². The number of anilines is 1. The lowest BCUT2D eigenvalue weighted by Gasteiger charge is -2.08. The Morgan fingerprint density at radius 1 is 1.30 bits per heavy atom. The van der Waals surface area contributed by atoms with E-state index in [9.17, 15) is 9.59 Å². The van der Waals surface area contributed by atoms with E-state index in [0.717, 1.165) is 42.7 Å². The van der Waals surface area contributed by atoms with Gasteiger partial charge in [-0.2, -0.15) is 0 Å². The van der Waals surface area contributed by atoms with Crippen molar-refractivity contribution >= 4 is 28.2 Å². The summed E-state index contributed by atoms with van der Waals surface area (Å²) < 4.78 is 0. The monoisotopic (exact) mass is 293 g/mol. The van der Waals surface area contributed by atoms with Crippen molar-refractivity contribution in [3.05, 3.63) is 16.0 Å². The van der Waals surface area contributed by atoms with E-state index in [1.165, 1.54) is 4.88 Å². The average molecular weight is 293 g/mol. The summed E-state index contributed by atoms with van der Waals surface area (Å²) >= 11 is 1.56. The molecule has 2 amide bonds. The minimum atomic E-state index is -0.110.